The largest absolute Gasteiger partial charge is 0.381 e. The van der Waals surface area contributed by atoms with Gasteiger partial charge in [0.2, 0.25) is 5.91 Å². The van der Waals surface area contributed by atoms with Crippen LogP contribution in [0.2, 0.25) is 0 Å². The van der Waals surface area contributed by atoms with Crippen molar-refractivity contribution in [3.05, 3.63) is 0 Å². The Morgan fingerprint density at radius 2 is 2.00 bits per heavy atom. The van der Waals surface area contributed by atoms with Gasteiger partial charge < -0.3 is 10.1 Å². The average Bonchev–Trinajstić information content (AvgIpc) is 2.19. The van der Waals surface area contributed by atoms with Gasteiger partial charge in [0, 0.05) is 19.3 Å². The van der Waals surface area contributed by atoms with E-state index in [1.165, 1.54) is 0 Å². The molecule has 0 unspecified atom stereocenters. The van der Waals surface area contributed by atoms with Gasteiger partial charge in [-0.15, -0.1) is 11.6 Å². The lowest BCUT2D eigenvalue weighted by molar-refractivity contribution is -0.117. The molecule has 1 heterocycles. The predicted octanol–water partition coefficient (Wildman–Crippen LogP) is 0.230. The van der Waals surface area contributed by atoms with Crippen LogP contribution in [0.5, 0.6) is 0 Å². The van der Waals surface area contributed by atoms with Crippen molar-refractivity contribution >= 4 is 23.5 Å². The van der Waals surface area contributed by atoms with Crippen LogP contribution in [-0.2, 0) is 9.53 Å². The van der Waals surface area contributed by atoms with Crippen molar-refractivity contribution in [2.24, 2.45) is 0 Å². The summed E-state index contributed by atoms with van der Waals surface area (Å²) in [5.74, 6) is -0.697. The maximum absolute atomic E-state index is 11.1. The molecule has 80 valence electrons. The first-order valence-electron chi connectivity index (χ1n) is 4.46. The van der Waals surface area contributed by atoms with Crippen LogP contribution in [0, 0.1) is 0 Å². The minimum Gasteiger partial charge on any atom is -0.381 e. The van der Waals surface area contributed by atoms with Crippen molar-refractivity contribution in [2.75, 3.05) is 19.1 Å². The van der Waals surface area contributed by atoms with Crippen LogP contribution in [0.4, 0.5) is 4.79 Å². The summed E-state index contributed by atoms with van der Waals surface area (Å²) in [5.41, 5.74) is 0. The molecule has 0 atom stereocenters. The van der Waals surface area contributed by atoms with Gasteiger partial charge in [-0.05, 0) is 12.8 Å². The summed E-state index contributed by atoms with van der Waals surface area (Å²) in [6.07, 6.45) is 1.56. The lowest BCUT2D eigenvalue weighted by Crippen LogP contribution is -2.46. The molecule has 2 N–H and O–H groups in total. The van der Waals surface area contributed by atoms with Crippen molar-refractivity contribution < 1.29 is 14.3 Å². The van der Waals surface area contributed by atoms with Crippen LogP contribution >= 0.6 is 11.6 Å². The van der Waals surface area contributed by atoms with Crippen molar-refractivity contribution in [3.8, 4) is 0 Å². The van der Waals surface area contributed by atoms with E-state index in [2.05, 4.69) is 10.6 Å². The number of nitrogens with one attached hydrogen (secondary N) is 2. The number of carbonyl (C=O) groups is 2. The molecule has 1 aliphatic rings. The van der Waals surface area contributed by atoms with Gasteiger partial charge in [-0.25, -0.2) is 4.79 Å². The fraction of sp³-hybridized carbons (Fsp3) is 0.750. The molecule has 0 spiro atoms. The fourth-order valence-corrected chi connectivity index (χ4v) is 1.29. The van der Waals surface area contributed by atoms with Gasteiger partial charge in [0.25, 0.3) is 0 Å². The van der Waals surface area contributed by atoms with Crippen LogP contribution < -0.4 is 10.6 Å². The second kappa shape index (κ2) is 5.82. The van der Waals surface area contributed by atoms with E-state index in [0.29, 0.717) is 13.2 Å². The molecule has 1 aliphatic heterocycles. The quantitative estimate of drug-likeness (QED) is 0.655. The number of hydrogen-bond donors (Lipinski definition) is 2. The number of amides is 3. The Labute approximate surface area is 87.1 Å². The van der Waals surface area contributed by atoms with Crippen molar-refractivity contribution in [1.82, 2.24) is 10.6 Å². The smallest absolute Gasteiger partial charge is 0.321 e. The number of carbonyl (C=O) groups excluding carboxylic acids is 2. The summed E-state index contributed by atoms with van der Waals surface area (Å²) in [5, 5.41) is 4.79. The lowest BCUT2D eigenvalue weighted by atomic mass is 10.1. The molecular formula is C8H13ClN2O3. The Kier molecular flexibility index (Phi) is 4.69. The Morgan fingerprint density at radius 1 is 1.36 bits per heavy atom. The van der Waals surface area contributed by atoms with Gasteiger partial charge in [0.05, 0.1) is 0 Å². The Bertz CT molecular complexity index is 217. The highest BCUT2D eigenvalue weighted by Crippen LogP contribution is 2.05. The lowest BCUT2D eigenvalue weighted by Gasteiger charge is -2.22. The zero-order chi connectivity index (χ0) is 10.4. The highest BCUT2D eigenvalue weighted by atomic mass is 35.5. The topological polar surface area (TPSA) is 67.4 Å². The number of halogens is 1. The standard InChI is InChI=1S/C8H13ClN2O3/c9-5-7(12)11-8(13)10-6-1-3-14-4-2-6/h6H,1-5H2,(H2,10,11,12,13). The number of alkyl halides is 1. The molecular weight excluding hydrogens is 208 g/mol. The molecule has 0 bridgehead atoms. The van der Waals surface area contributed by atoms with Crippen LogP contribution in [0.3, 0.4) is 0 Å². The molecule has 0 radical (unpaired) electrons. The minimum atomic E-state index is -0.490. The maximum atomic E-state index is 11.1. The van der Waals surface area contributed by atoms with E-state index in [1.54, 1.807) is 0 Å². The van der Waals surface area contributed by atoms with E-state index in [4.69, 9.17) is 16.3 Å². The van der Waals surface area contributed by atoms with Gasteiger partial charge in [0.15, 0.2) is 0 Å². The van der Waals surface area contributed by atoms with E-state index in [1.807, 2.05) is 0 Å². The molecule has 0 aromatic heterocycles. The number of hydrogen-bond acceptors (Lipinski definition) is 3. The first-order valence-corrected chi connectivity index (χ1v) is 5.00. The summed E-state index contributed by atoms with van der Waals surface area (Å²) < 4.78 is 5.12. The molecule has 0 aromatic carbocycles. The number of ether oxygens (including phenoxy) is 1. The molecule has 0 aliphatic carbocycles. The number of imide groups is 1. The van der Waals surface area contributed by atoms with Crippen molar-refractivity contribution in [1.29, 1.82) is 0 Å². The van der Waals surface area contributed by atoms with Gasteiger partial charge >= 0.3 is 6.03 Å². The third kappa shape index (κ3) is 3.93. The van der Waals surface area contributed by atoms with Gasteiger partial charge in [-0.2, -0.15) is 0 Å². The van der Waals surface area contributed by atoms with Crippen LogP contribution in [-0.4, -0.2) is 37.1 Å². The monoisotopic (exact) mass is 220 g/mol. The summed E-state index contributed by atoms with van der Waals surface area (Å²) >= 11 is 5.23. The molecule has 1 saturated heterocycles. The van der Waals surface area contributed by atoms with Crippen LogP contribution in [0.15, 0.2) is 0 Å². The molecule has 5 nitrogen and oxygen atoms in total. The fourth-order valence-electron chi connectivity index (χ4n) is 1.22. The average molecular weight is 221 g/mol. The first kappa shape index (κ1) is 11.3. The van der Waals surface area contributed by atoms with Gasteiger partial charge in [0.1, 0.15) is 5.88 Å². The second-order valence-corrected chi connectivity index (χ2v) is 3.31. The molecule has 0 saturated carbocycles. The highest BCUT2D eigenvalue weighted by Gasteiger charge is 2.16. The summed E-state index contributed by atoms with van der Waals surface area (Å²) in [6, 6.07) is -0.394. The summed E-state index contributed by atoms with van der Waals surface area (Å²) in [6.45, 7) is 1.29. The number of urea groups is 1. The summed E-state index contributed by atoms with van der Waals surface area (Å²) in [4.78, 5) is 21.9. The first-order chi connectivity index (χ1) is 6.72. The molecule has 1 fully saturated rings. The van der Waals surface area contributed by atoms with E-state index in [9.17, 15) is 9.59 Å². The van der Waals surface area contributed by atoms with Crippen LogP contribution in [0.1, 0.15) is 12.8 Å². The van der Waals surface area contributed by atoms with E-state index in [-0.39, 0.29) is 11.9 Å². The zero-order valence-corrected chi connectivity index (χ0v) is 8.47. The van der Waals surface area contributed by atoms with E-state index in [0.717, 1.165) is 12.8 Å². The predicted molar refractivity (Wildman–Crippen MR) is 51.2 cm³/mol. The SMILES string of the molecule is O=C(CCl)NC(=O)NC1CCOCC1. The second-order valence-electron chi connectivity index (χ2n) is 3.04. The summed E-state index contributed by atoms with van der Waals surface area (Å²) in [7, 11) is 0. The zero-order valence-electron chi connectivity index (χ0n) is 7.72. The molecule has 6 heteroatoms. The van der Waals surface area contributed by atoms with E-state index < -0.39 is 11.9 Å². The number of rotatable bonds is 2. The molecule has 14 heavy (non-hydrogen) atoms. The Balaban J connectivity index is 2.21. The third-order valence-electron chi connectivity index (χ3n) is 1.93. The Hall–Kier alpha value is -0.810. The third-order valence-corrected chi connectivity index (χ3v) is 2.17. The highest BCUT2D eigenvalue weighted by molar-refractivity contribution is 6.28. The van der Waals surface area contributed by atoms with Crippen LogP contribution in [0.25, 0.3) is 0 Å². The van der Waals surface area contributed by atoms with Crippen molar-refractivity contribution in [3.63, 3.8) is 0 Å². The molecule has 1 rings (SSSR count). The van der Waals surface area contributed by atoms with E-state index >= 15 is 0 Å². The molecule has 0 aromatic rings. The Morgan fingerprint density at radius 3 is 2.57 bits per heavy atom. The molecule has 3 amide bonds. The van der Waals surface area contributed by atoms with Gasteiger partial charge in [-0.1, -0.05) is 0 Å². The maximum Gasteiger partial charge on any atom is 0.321 e. The van der Waals surface area contributed by atoms with Gasteiger partial charge in [-0.3, -0.25) is 10.1 Å². The minimum absolute atomic E-state index is 0.0897. The van der Waals surface area contributed by atoms with Crippen molar-refractivity contribution in [2.45, 2.75) is 18.9 Å². The normalized spacial score (nSPS) is 17.5.